The highest BCUT2D eigenvalue weighted by atomic mass is 35.5. The Hall–Kier alpha value is -2.06. The van der Waals surface area contributed by atoms with Crippen LogP contribution in [0.4, 0.5) is 0 Å². The molecule has 1 amide bonds. The molecule has 0 bridgehead atoms. The monoisotopic (exact) mass is 410 g/mol. The zero-order valence-electron chi connectivity index (χ0n) is 15.7. The summed E-state index contributed by atoms with van der Waals surface area (Å²) in [6, 6.07) is 6.70. The molecule has 7 nitrogen and oxygen atoms in total. The molecule has 1 aromatic carbocycles. The van der Waals surface area contributed by atoms with Crippen molar-refractivity contribution in [1.29, 1.82) is 0 Å². The first-order valence-electron chi connectivity index (χ1n) is 8.53. The van der Waals surface area contributed by atoms with Gasteiger partial charge in [-0.1, -0.05) is 55.8 Å². The van der Waals surface area contributed by atoms with Crippen molar-refractivity contribution >= 4 is 35.2 Å². The normalized spacial score (nSPS) is 13.1. The van der Waals surface area contributed by atoms with Gasteiger partial charge in [0, 0.05) is 12.6 Å². The second kappa shape index (κ2) is 9.75. The van der Waals surface area contributed by atoms with Gasteiger partial charge in [0.25, 0.3) is 0 Å². The number of esters is 1. The van der Waals surface area contributed by atoms with Gasteiger partial charge in [-0.2, -0.15) is 0 Å². The number of hydrogen-bond donors (Lipinski definition) is 1. The van der Waals surface area contributed by atoms with Crippen LogP contribution in [0.3, 0.4) is 0 Å². The molecule has 0 radical (unpaired) electrons. The second-order valence-electron chi connectivity index (χ2n) is 6.09. The summed E-state index contributed by atoms with van der Waals surface area (Å²) >= 11 is 7.45. The Kier molecular flexibility index (Phi) is 7.67. The molecule has 2 atom stereocenters. The minimum atomic E-state index is -0.661. The topological polar surface area (TPSA) is 86.1 Å². The molecule has 27 heavy (non-hydrogen) atoms. The van der Waals surface area contributed by atoms with Crippen molar-refractivity contribution < 1.29 is 14.3 Å². The van der Waals surface area contributed by atoms with Gasteiger partial charge < -0.3 is 14.6 Å². The molecule has 0 aliphatic heterocycles. The van der Waals surface area contributed by atoms with E-state index in [0.29, 0.717) is 16.0 Å². The highest BCUT2D eigenvalue weighted by molar-refractivity contribution is 7.99. The summed E-state index contributed by atoms with van der Waals surface area (Å²) in [7, 11) is 3.13. The molecule has 0 saturated carbocycles. The van der Waals surface area contributed by atoms with E-state index in [1.165, 1.54) is 18.9 Å². The zero-order valence-corrected chi connectivity index (χ0v) is 17.3. The van der Waals surface area contributed by atoms with Crippen LogP contribution in [0.2, 0.25) is 5.02 Å². The van der Waals surface area contributed by atoms with Crippen LogP contribution in [0.25, 0.3) is 11.4 Å². The zero-order chi connectivity index (χ0) is 20.0. The highest BCUT2D eigenvalue weighted by Crippen LogP contribution is 2.28. The first kappa shape index (κ1) is 21.2. The van der Waals surface area contributed by atoms with Gasteiger partial charge in [0.15, 0.2) is 11.0 Å². The molecular weight excluding hydrogens is 388 g/mol. The molecule has 0 saturated heterocycles. The van der Waals surface area contributed by atoms with Crippen LogP contribution < -0.4 is 5.32 Å². The van der Waals surface area contributed by atoms with Gasteiger partial charge in [-0.05, 0) is 18.1 Å². The Labute approximate surface area is 167 Å². The molecule has 2 aromatic rings. The maximum Gasteiger partial charge on any atom is 0.328 e. The van der Waals surface area contributed by atoms with E-state index in [1.54, 1.807) is 10.6 Å². The fourth-order valence-electron chi connectivity index (χ4n) is 2.46. The first-order valence-corrected chi connectivity index (χ1v) is 9.89. The van der Waals surface area contributed by atoms with Crippen LogP contribution in [0, 0.1) is 5.92 Å². The fourth-order valence-corrected chi connectivity index (χ4v) is 3.40. The number of carbonyl (C=O) groups is 2. The van der Waals surface area contributed by atoms with Crippen molar-refractivity contribution in [2.45, 2.75) is 31.5 Å². The van der Waals surface area contributed by atoms with Crippen molar-refractivity contribution in [3.05, 3.63) is 29.3 Å². The number of thioether (sulfide) groups is 1. The third kappa shape index (κ3) is 5.23. The summed E-state index contributed by atoms with van der Waals surface area (Å²) in [5.41, 5.74) is 0.771. The summed E-state index contributed by atoms with van der Waals surface area (Å²) < 4.78 is 6.57. The molecule has 0 fully saturated rings. The van der Waals surface area contributed by atoms with Crippen molar-refractivity contribution in [2.75, 3.05) is 12.9 Å². The Morgan fingerprint density at radius 1 is 1.33 bits per heavy atom. The van der Waals surface area contributed by atoms with Crippen molar-refractivity contribution in [3.8, 4) is 11.4 Å². The molecule has 9 heteroatoms. The third-order valence-electron chi connectivity index (χ3n) is 4.27. The molecule has 1 heterocycles. The average Bonchev–Trinajstić information content (AvgIpc) is 3.04. The van der Waals surface area contributed by atoms with Gasteiger partial charge >= 0.3 is 5.97 Å². The summed E-state index contributed by atoms with van der Waals surface area (Å²) in [5.74, 6) is 0.00210. The van der Waals surface area contributed by atoms with Crippen LogP contribution in [0.1, 0.15) is 20.3 Å². The summed E-state index contributed by atoms with van der Waals surface area (Å²) in [5, 5.41) is 12.2. The van der Waals surface area contributed by atoms with Gasteiger partial charge in [-0.25, -0.2) is 4.79 Å². The minimum absolute atomic E-state index is 0.0203. The number of nitrogens with one attached hydrogen (secondary N) is 1. The van der Waals surface area contributed by atoms with Gasteiger partial charge in [0.05, 0.1) is 17.9 Å². The van der Waals surface area contributed by atoms with Crippen LogP contribution in [-0.2, 0) is 21.4 Å². The third-order valence-corrected chi connectivity index (χ3v) is 5.62. The van der Waals surface area contributed by atoms with E-state index >= 15 is 0 Å². The van der Waals surface area contributed by atoms with Crippen LogP contribution in [0.5, 0.6) is 0 Å². The number of hydrogen-bond acceptors (Lipinski definition) is 6. The molecule has 0 aliphatic rings. The van der Waals surface area contributed by atoms with Gasteiger partial charge in [0.2, 0.25) is 5.91 Å². The van der Waals surface area contributed by atoms with Crippen LogP contribution in [-0.4, -0.2) is 45.5 Å². The Balaban J connectivity index is 2.03. The lowest BCUT2D eigenvalue weighted by atomic mass is 9.99. The van der Waals surface area contributed by atoms with Crippen LogP contribution >= 0.6 is 23.4 Å². The molecule has 0 spiro atoms. The summed E-state index contributed by atoms with van der Waals surface area (Å²) in [6.45, 7) is 3.85. The second-order valence-corrected chi connectivity index (χ2v) is 7.44. The van der Waals surface area contributed by atoms with Crippen molar-refractivity contribution in [1.82, 2.24) is 20.1 Å². The summed E-state index contributed by atoms with van der Waals surface area (Å²) in [4.78, 5) is 24.2. The predicted octanol–water partition coefficient (Wildman–Crippen LogP) is 2.93. The van der Waals surface area contributed by atoms with E-state index < -0.39 is 12.0 Å². The molecule has 1 N–H and O–H groups in total. The number of benzene rings is 1. The predicted molar refractivity (Wildman–Crippen MR) is 106 cm³/mol. The Morgan fingerprint density at radius 3 is 2.67 bits per heavy atom. The highest BCUT2D eigenvalue weighted by Gasteiger charge is 2.26. The van der Waals surface area contributed by atoms with Gasteiger partial charge in [-0.3, -0.25) is 4.79 Å². The maximum absolute atomic E-state index is 12.3. The molecule has 0 aliphatic carbocycles. The Bertz CT molecular complexity index is 812. The van der Waals surface area contributed by atoms with Gasteiger partial charge in [0.1, 0.15) is 6.04 Å². The summed E-state index contributed by atoms with van der Waals surface area (Å²) in [6.07, 6.45) is 0.748. The number of amides is 1. The molecule has 1 aromatic heterocycles. The van der Waals surface area contributed by atoms with E-state index in [4.69, 9.17) is 16.3 Å². The molecule has 2 rings (SSSR count). The Morgan fingerprint density at radius 2 is 2.04 bits per heavy atom. The quantitative estimate of drug-likeness (QED) is 0.532. The lowest BCUT2D eigenvalue weighted by molar-refractivity contribution is -0.146. The lowest BCUT2D eigenvalue weighted by Crippen LogP contribution is -2.46. The number of rotatable bonds is 8. The minimum Gasteiger partial charge on any atom is -0.467 e. The largest absolute Gasteiger partial charge is 0.467 e. The molecule has 146 valence electrons. The van der Waals surface area contributed by atoms with E-state index in [9.17, 15) is 9.59 Å². The molecular formula is C18H23ClN4O3S. The van der Waals surface area contributed by atoms with E-state index in [1.807, 2.05) is 39.1 Å². The standard InChI is InChI=1S/C18H23ClN4O3S/c1-5-11(2)15(17(25)26-4)20-14(24)10-27-18-22-21-16(23(18)3)12-8-6-7-9-13(12)19/h6-9,11,15H,5,10H2,1-4H3,(H,20,24)/t11-,15+/m1/s1. The van der Waals surface area contributed by atoms with E-state index in [2.05, 4.69) is 15.5 Å². The van der Waals surface area contributed by atoms with Crippen molar-refractivity contribution in [3.63, 3.8) is 0 Å². The number of ether oxygens (including phenoxy) is 1. The molecule has 0 unspecified atom stereocenters. The van der Waals surface area contributed by atoms with E-state index in [-0.39, 0.29) is 17.6 Å². The van der Waals surface area contributed by atoms with Crippen LogP contribution in [0.15, 0.2) is 29.4 Å². The first-order chi connectivity index (χ1) is 12.9. The number of aromatic nitrogens is 3. The average molecular weight is 411 g/mol. The number of nitrogens with zero attached hydrogens (tertiary/aromatic N) is 3. The van der Waals surface area contributed by atoms with Crippen molar-refractivity contribution in [2.24, 2.45) is 13.0 Å². The lowest BCUT2D eigenvalue weighted by Gasteiger charge is -2.21. The number of methoxy groups -OCH3 is 1. The maximum atomic E-state index is 12.3. The number of carbonyl (C=O) groups excluding carboxylic acids is 2. The SMILES string of the molecule is CC[C@@H](C)[C@H](NC(=O)CSc1nnc(-c2ccccc2Cl)n1C)C(=O)OC. The fraction of sp³-hybridized carbons (Fsp3) is 0.444. The number of halogens is 1. The smallest absolute Gasteiger partial charge is 0.328 e. The van der Waals surface area contributed by atoms with Gasteiger partial charge in [-0.15, -0.1) is 10.2 Å². The van der Waals surface area contributed by atoms with E-state index in [0.717, 1.165) is 12.0 Å².